The number of carbonyl (C=O) groups excluding carboxylic acids is 1. The molecule has 2 aromatic rings. The fourth-order valence-electron chi connectivity index (χ4n) is 1.58. The van der Waals surface area contributed by atoms with E-state index in [0.717, 1.165) is 7.69 Å². The van der Waals surface area contributed by atoms with Crippen molar-refractivity contribution in [3.63, 3.8) is 0 Å². The summed E-state index contributed by atoms with van der Waals surface area (Å²) in [6.07, 6.45) is 0. The van der Waals surface area contributed by atoms with Crippen LogP contribution in [0.2, 0.25) is 0 Å². The molecule has 0 atom stereocenters. The number of hydrogen-bond donors (Lipinski definition) is 2. The molecule has 21 heavy (non-hydrogen) atoms. The monoisotopic (exact) mass is 285 g/mol. The summed E-state index contributed by atoms with van der Waals surface area (Å²) in [6, 6.07) is 11.8. The number of phenolic OH excluding ortho intramolecular Hbond substituents is 1. The van der Waals surface area contributed by atoms with E-state index in [1.807, 2.05) is 0 Å². The third-order valence-electron chi connectivity index (χ3n) is 2.57. The topological polar surface area (TPSA) is 93.1 Å². The van der Waals surface area contributed by atoms with Gasteiger partial charge in [0.1, 0.15) is 11.5 Å². The van der Waals surface area contributed by atoms with Crippen molar-refractivity contribution in [3.8, 4) is 11.5 Å². The minimum Gasteiger partial charge on any atom is -0.526 e. The Morgan fingerprint density at radius 1 is 0.952 bits per heavy atom. The van der Waals surface area contributed by atoms with E-state index < -0.39 is 11.9 Å². The standard InChI is InChI=1S/C14H10BO6/c16-11-7-3-1-5-9(11)14(19)21-15-20-12-8-4-2-6-10(12)13(17)18/h1-8,16H,(H,17,18). The molecular formula is C14H10BO6. The highest BCUT2D eigenvalue weighted by atomic mass is 16.6. The van der Waals surface area contributed by atoms with Crippen LogP contribution in [0.15, 0.2) is 48.5 Å². The summed E-state index contributed by atoms with van der Waals surface area (Å²) in [5.41, 5.74) is -0.0868. The van der Waals surface area contributed by atoms with Crippen LogP contribution in [0, 0.1) is 0 Å². The van der Waals surface area contributed by atoms with Gasteiger partial charge in [-0.25, -0.2) is 9.59 Å². The molecule has 0 amide bonds. The summed E-state index contributed by atoms with van der Waals surface area (Å²) in [7, 11) is 0.719. The Bertz CT molecular complexity index is 670. The highest BCUT2D eigenvalue weighted by Crippen LogP contribution is 2.18. The Labute approximate surface area is 120 Å². The first-order chi connectivity index (χ1) is 10.1. The molecule has 0 bridgehead atoms. The molecular weight excluding hydrogens is 275 g/mol. The molecule has 0 unspecified atom stereocenters. The van der Waals surface area contributed by atoms with Crippen LogP contribution in [0.4, 0.5) is 0 Å². The quantitative estimate of drug-likeness (QED) is 0.814. The zero-order valence-corrected chi connectivity index (χ0v) is 10.7. The molecule has 0 heterocycles. The van der Waals surface area contributed by atoms with E-state index in [0.29, 0.717) is 0 Å². The lowest BCUT2D eigenvalue weighted by Gasteiger charge is -2.08. The second-order valence-corrected chi connectivity index (χ2v) is 3.94. The SMILES string of the molecule is O=C(O[B]Oc1ccccc1C(=O)O)c1ccccc1O. The average Bonchev–Trinajstić information content (AvgIpc) is 2.48. The van der Waals surface area contributed by atoms with Crippen molar-refractivity contribution in [2.45, 2.75) is 0 Å². The van der Waals surface area contributed by atoms with E-state index in [2.05, 4.69) is 0 Å². The summed E-state index contributed by atoms with van der Waals surface area (Å²) >= 11 is 0. The first-order valence-electron chi connectivity index (χ1n) is 5.89. The van der Waals surface area contributed by atoms with Crippen LogP contribution in [0.25, 0.3) is 0 Å². The van der Waals surface area contributed by atoms with E-state index in [4.69, 9.17) is 14.4 Å². The third kappa shape index (κ3) is 3.53. The van der Waals surface area contributed by atoms with Gasteiger partial charge in [-0.05, 0) is 24.3 Å². The molecule has 2 rings (SSSR count). The van der Waals surface area contributed by atoms with Gasteiger partial charge in [-0.15, -0.1) is 0 Å². The van der Waals surface area contributed by atoms with E-state index in [9.17, 15) is 14.7 Å². The zero-order chi connectivity index (χ0) is 15.2. The van der Waals surface area contributed by atoms with Gasteiger partial charge >= 0.3 is 19.6 Å². The molecule has 0 spiro atoms. The lowest BCUT2D eigenvalue weighted by Crippen LogP contribution is -2.15. The van der Waals surface area contributed by atoms with Crippen molar-refractivity contribution in [1.82, 2.24) is 0 Å². The minimum absolute atomic E-state index is 0.0242. The van der Waals surface area contributed by atoms with Crippen molar-refractivity contribution in [2.75, 3.05) is 0 Å². The van der Waals surface area contributed by atoms with Crippen molar-refractivity contribution >= 4 is 19.6 Å². The van der Waals surface area contributed by atoms with Gasteiger partial charge in [0, 0.05) is 0 Å². The average molecular weight is 285 g/mol. The van der Waals surface area contributed by atoms with Gasteiger partial charge in [0.25, 0.3) is 0 Å². The first kappa shape index (κ1) is 14.5. The molecule has 0 saturated heterocycles. The fourth-order valence-corrected chi connectivity index (χ4v) is 1.58. The molecule has 0 fully saturated rings. The second kappa shape index (κ2) is 6.47. The summed E-state index contributed by atoms with van der Waals surface area (Å²) in [6.45, 7) is 0. The van der Waals surface area contributed by atoms with E-state index >= 15 is 0 Å². The molecule has 6 nitrogen and oxygen atoms in total. The highest BCUT2D eigenvalue weighted by molar-refractivity contribution is 6.25. The molecule has 105 valence electrons. The zero-order valence-electron chi connectivity index (χ0n) is 10.7. The van der Waals surface area contributed by atoms with Crippen LogP contribution < -0.4 is 4.65 Å². The molecule has 1 radical (unpaired) electrons. The van der Waals surface area contributed by atoms with Gasteiger partial charge in [0.15, 0.2) is 0 Å². The van der Waals surface area contributed by atoms with Gasteiger partial charge in [-0.1, -0.05) is 24.3 Å². The fraction of sp³-hybridized carbons (Fsp3) is 0. The predicted octanol–water partition coefficient (Wildman–Crippen LogP) is 1.86. The molecule has 0 saturated carbocycles. The van der Waals surface area contributed by atoms with E-state index in [1.54, 1.807) is 24.3 Å². The number of phenols is 1. The largest absolute Gasteiger partial charge is 0.660 e. The number of aromatic hydroxyl groups is 1. The maximum absolute atomic E-state index is 11.7. The van der Waals surface area contributed by atoms with Crippen LogP contribution >= 0.6 is 0 Å². The Balaban J connectivity index is 1.98. The summed E-state index contributed by atoms with van der Waals surface area (Å²) in [5.74, 6) is -2.16. The number of hydrogen-bond acceptors (Lipinski definition) is 5. The number of rotatable bonds is 5. The Kier molecular flexibility index (Phi) is 4.45. The Hall–Kier alpha value is -2.96. The maximum Gasteiger partial charge on any atom is 0.660 e. The molecule has 0 aliphatic carbocycles. The van der Waals surface area contributed by atoms with Crippen molar-refractivity contribution in [1.29, 1.82) is 0 Å². The van der Waals surface area contributed by atoms with Crippen LogP contribution in [0.5, 0.6) is 11.5 Å². The first-order valence-corrected chi connectivity index (χ1v) is 5.89. The number of aromatic carboxylic acids is 1. The van der Waals surface area contributed by atoms with Crippen LogP contribution in [-0.2, 0) is 4.65 Å². The summed E-state index contributed by atoms with van der Waals surface area (Å²) in [5, 5.41) is 18.4. The summed E-state index contributed by atoms with van der Waals surface area (Å²) in [4.78, 5) is 22.6. The van der Waals surface area contributed by atoms with Crippen LogP contribution in [0.1, 0.15) is 20.7 Å². The van der Waals surface area contributed by atoms with Gasteiger partial charge in [0.05, 0.1) is 11.1 Å². The normalized spacial score (nSPS) is 9.71. The van der Waals surface area contributed by atoms with Crippen molar-refractivity contribution in [3.05, 3.63) is 59.7 Å². The number of carboxylic acid groups (broad SMARTS) is 1. The molecule has 0 aliphatic rings. The number of para-hydroxylation sites is 2. The smallest absolute Gasteiger partial charge is 0.526 e. The van der Waals surface area contributed by atoms with Crippen molar-refractivity contribution < 1.29 is 29.1 Å². The molecule has 2 aromatic carbocycles. The predicted molar refractivity (Wildman–Crippen MR) is 73.3 cm³/mol. The number of carboxylic acids is 1. The molecule has 0 aliphatic heterocycles. The second-order valence-electron chi connectivity index (χ2n) is 3.94. The van der Waals surface area contributed by atoms with Gasteiger partial charge in [0.2, 0.25) is 0 Å². The van der Waals surface area contributed by atoms with E-state index in [-0.39, 0.29) is 22.6 Å². The third-order valence-corrected chi connectivity index (χ3v) is 2.57. The van der Waals surface area contributed by atoms with Gasteiger partial charge in [-0.3, -0.25) is 0 Å². The lowest BCUT2D eigenvalue weighted by molar-refractivity contribution is 0.0695. The Morgan fingerprint density at radius 2 is 1.57 bits per heavy atom. The minimum atomic E-state index is -1.16. The number of carbonyl (C=O) groups is 2. The van der Waals surface area contributed by atoms with Gasteiger partial charge < -0.3 is 19.5 Å². The summed E-state index contributed by atoms with van der Waals surface area (Å²) < 4.78 is 9.71. The maximum atomic E-state index is 11.7. The molecule has 2 N–H and O–H groups in total. The molecule has 0 aromatic heterocycles. The van der Waals surface area contributed by atoms with Crippen molar-refractivity contribution in [2.24, 2.45) is 0 Å². The molecule has 7 heteroatoms. The lowest BCUT2D eigenvalue weighted by atomic mass is 10.2. The Morgan fingerprint density at radius 3 is 2.24 bits per heavy atom. The van der Waals surface area contributed by atoms with Crippen LogP contribution in [0.3, 0.4) is 0 Å². The number of benzene rings is 2. The van der Waals surface area contributed by atoms with Gasteiger partial charge in [-0.2, -0.15) is 0 Å². The highest BCUT2D eigenvalue weighted by Gasteiger charge is 2.16. The van der Waals surface area contributed by atoms with Crippen LogP contribution in [-0.4, -0.2) is 29.8 Å². The van der Waals surface area contributed by atoms with E-state index in [1.165, 1.54) is 24.3 Å².